The molecule has 2 atom stereocenters. The molecule has 0 fully saturated rings. The van der Waals surface area contributed by atoms with Gasteiger partial charge in [-0.2, -0.15) is 0 Å². The van der Waals surface area contributed by atoms with E-state index in [9.17, 15) is 0 Å². The van der Waals surface area contributed by atoms with Gasteiger partial charge in [0.1, 0.15) is 0 Å². The van der Waals surface area contributed by atoms with Crippen LogP contribution in [0.1, 0.15) is 32.0 Å². The van der Waals surface area contributed by atoms with Crippen LogP contribution >= 0.6 is 0 Å². The first-order valence-corrected chi connectivity index (χ1v) is 4.49. The Morgan fingerprint density at radius 1 is 1.58 bits per heavy atom. The van der Waals surface area contributed by atoms with Crippen LogP contribution in [0.5, 0.6) is 0 Å². The fourth-order valence-corrected chi connectivity index (χ4v) is 2.01. The largest absolute Gasteiger partial charge is 0.353 e. The lowest BCUT2D eigenvalue weighted by Gasteiger charge is -2.29. The van der Waals surface area contributed by atoms with Crippen LogP contribution in [-0.4, -0.2) is 15.6 Å². The van der Waals surface area contributed by atoms with Gasteiger partial charge >= 0.3 is 0 Å². The summed E-state index contributed by atoms with van der Waals surface area (Å²) in [7, 11) is 0. The van der Waals surface area contributed by atoms with E-state index in [1.54, 1.807) is 0 Å². The van der Waals surface area contributed by atoms with Crippen LogP contribution in [0.3, 0.4) is 0 Å². The molecule has 0 amide bonds. The van der Waals surface area contributed by atoms with E-state index >= 15 is 0 Å². The van der Waals surface area contributed by atoms with Crippen LogP contribution in [0, 0.1) is 6.92 Å². The zero-order chi connectivity index (χ0) is 8.72. The molecule has 0 aromatic carbocycles. The van der Waals surface area contributed by atoms with Gasteiger partial charge in [0.2, 0.25) is 5.95 Å². The summed E-state index contributed by atoms with van der Waals surface area (Å²) in [4.78, 5) is 4.31. The molecule has 3 heteroatoms. The fourth-order valence-electron chi connectivity index (χ4n) is 2.01. The molecule has 66 valence electrons. The second-order valence-electron chi connectivity index (χ2n) is 3.72. The van der Waals surface area contributed by atoms with Gasteiger partial charge in [-0.1, -0.05) is 0 Å². The summed E-state index contributed by atoms with van der Waals surface area (Å²) in [6.45, 7) is 6.55. The molecule has 1 aromatic rings. The van der Waals surface area contributed by atoms with Gasteiger partial charge in [0.15, 0.2) is 0 Å². The molecule has 3 nitrogen and oxygen atoms in total. The quantitative estimate of drug-likeness (QED) is 0.637. The van der Waals surface area contributed by atoms with Crippen LogP contribution in [0.25, 0.3) is 0 Å². The van der Waals surface area contributed by atoms with Gasteiger partial charge in [-0.15, -0.1) is 0 Å². The Hall–Kier alpha value is -0.990. The number of aromatic nitrogens is 2. The smallest absolute Gasteiger partial charge is 0.203 e. The highest BCUT2D eigenvalue weighted by Gasteiger charge is 2.21. The standard InChI is InChI=1S/C9H15N3/c1-6-4-7(2)12-8(3)5-10-9(12)11-6/h5-7H,4H2,1-3H3,(H,10,11). The number of imidazole rings is 1. The van der Waals surface area contributed by atoms with Crippen LogP contribution in [0.15, 0.2) is 6.20 Å². The minimum absolute atomic E-state index is 0.550. The summed E-state index contributed by atoms with van der Waals surface area (Å²) < 4.78 is 2.26. The predicted octanol–water partition coefficient (Wildman–Crippen LogP) is 1.96. The summed E-state index contributed by atoms with van der Waals surface area (Å²) in [6.07, 6.45) is 3.11. The van der Waals surface area contributed by atoms with Gasteiger partial charge in [-0.25, -0.2) is 4.98 Å². The molecule has 0 radical (unpaired) electrons. The van der Waals surface area contributed by atoms with Crippen LogP contribution < -0.4 is 5.32 Å². The molecular formula is C9H15N3. The number of hydrogen-bond acceptors (Lipinski definition) is 2. The van der Waals surface area contributed by atoms with Crippen molar-refractivity contribution in [2.45, 2.75) is 39.3 Å². The number of hydrogen-bond donors (Lipinski definition) is 1. The van der Waals surface area contributed by atoms with Crippen molar-refractivity contribution in [3.8, 4) is 0 Å². The van der Waals surface area contributed by atoms with Crippen molar-refractivity contribution in [1.29, 1.82) is 0 Å². The third kappa shape index (κ3) is 1.00. The summed E-state index contributed by atoms with van der Waals surface area (Å²) in [5, 5.41) is 3.36. The lowest BCUT2D eigenvalue weighted by atomic mass is 10.1. The molecular weight excluding hydrogens is 150 g/mol. The Morgan fingerprint density at radius 3 is 3.08 bits per heavy atom. The highest BCUT2D eigenvalue weighted by Crippen LogP contribution is 2.27. The van der Waals surface area contributed by atoms with E-state index < -0.39 is 0 Å². The zero-order valence-electron chi connectivity index (χ0n) is 7.83. The number of nitrogens with one attached hydrogen (secondary N) is 1. The highest BCUT2D eigenvalue weighted by atomic mass is 15.3. The second-order valence-corrected chi connectivity index (χ2v) is 3.72. The van der Waals surface area contributed by atoms with Gasteiger partial charge in [-0.05, 0) is 27.2 Å². The average Bonchev–Trinajstić information content (AvgIpc) is 2.31. The van der Waals surface area contributed by atoms with E-state index in [0.29, 0.717) is 12.1 Å². The molecule has 0 saturated heterocycles. The fraction of sp³-hybridized carbons (Fsp3) is 0.667. The lowest BCUT2D eigenvalue weighted by molar-refractivity contribution is 0.442. The Morgan fingerprint density at radius 2 is 2.33 bits per heavy atom. The Bertz CT molecular complexity index is 290. The summed E-state index contributed by atoms with van der Waals surface area (Å²) in [5.41, 5.74) is 1.25. The van der Waals surface area contributed by atoms with Crippen LogP contribution in [0.2, 0.25) is 0 Å². The maximum Gasteiger partial charge on any atom is 0.203 e. The van der Waals surface area contributed by atoms with E-state index in [0.717, 1.165) is 5.95 Å². The topological polar surface area (TPSA) is 29.9 Å². The van der Waals surface area contributed by atoms with E-state index in [-0.39, 0.29) is 0 Å². The first-order valence-electron chi connectivity index (χ1n) is 4.49. The number of nitrogens with zero attached hydrogens (tertiary/aromatic N) is 2. The van der Waals surface area contributed by atoms with Crippen molar-refractivity contribution < 1.29 is 0 Å². The molecule has 1 aliphatic heterocycles. The van der Waals surface area contributed by atoms with Crippen molar-refractivity contribution in [3.63, 3.8) is 0 Å². The Balaban J connectivity index is 2.43. The van der Waals surface area contributed by atoms with Gasteiger partial charge in [0.25, 0.3) is 0 Å². The van der Waals surface area contributed by atoms with Crippen molar-refractivity contribution >= 4 is 5.95 Å². The van der Waals surface area contributed by atoms with Gasteiger partial charge in [0.05, 0.1) is 6.20 Å². The first kappa shape index (κ1) is 7.65. The Kier molecular flexibility index (Phi) is 1.60. The van der Waals surface area contributed by atoms with Crippen molar-refractivity contribution in [2.75, 3.05) is 5.32 Å². The van der Waals surface area contributed by atoms with E-state index in [1.807, 2.05) is 6.20 Å². The zero-order valence-corrected chi connectivity index (χ0v) is 7.83. The van der Waals surface area contributed by atoms with Crippen LogP contribution in [0.4, 0.5) is 5.95 Å². The van der Waals surface area contributed by atoms with Gasteiger partial charge < -0.3 is 9.88 Å². The minimum atomic E-state index is 0.550. The van der Waals surface area contributed by atoms with E-state index in [4.69, 9.17) is 0 Å². The molecule has 2 heterocycles. The predicted molar refractivity (Wildman–Crippen MR) is 49.4 cm³/mol. The summed E-state index contributed by atoms with van der Waals surface area (Å²) in [6, 6.07) is 1.13. The first-order chi connectivity index (χ1) is 5.68. The minimum Gasteiger partial charge on any atom is -0.353 e. The second kappa shape index (κ2) is 2.51. The number of anilines is 1. The lowest BCUT2D eigenvalue weighted by Crippen LogP contribution is -2.28. The molecule has 1 aromatic heterocycles. The van der Waals surface area contributed by atoms with Crippen molar-refractivity contribution in [2.24, 2.45) is 0 Å². The van der Waals surface area contributed by atoms with Gasteiger partial charge in [-0.3, -0.25) is 0 Å². The van der Waals surface area contributed by atoms with E-state index in [2.05, 4.69) is 35.6 Å². The molecule has 0 spiro atoms. The maximum atomic E-state index is 4.31. The molecule has 1 N–H and O–H groups in total. The number of aryl methyl sites for hydroxylation is 1. The number of rotatable bonds is 0. The van der Waals surface area contributed by atoms with Gasteiger partial charge in [0, 0.05) is 17.8 Å². The summed E-state index contributed by atoms with van der Waals surface area (Å²) in [5.74, 6) is 1.03. The molecule has 0 saturated carbocycles. The normalized spacial score (nSPS) is 27.9. The molecule has 1 aliphatic rings. The molecule has 0 bridgehead atoms. The molecule has 12 heavy (non-hydrogen) atoms. The highest BCUT2D eigenvalue weighted by molar-refractivity contribution is 5.33. The average molecular weight is 165 g/mol. The molecule has 0 aliphatic carbocycles. The number of fused-ring (bicyclic) bond motifs is 1. The summed E-state index contributed by atoms with van der Waals surface area (Å²) >= 11 is 0. The van der Waals surface area contributed by atoms with Crippen molar-refractivity contribution in [3.05, 3.63) is 11.9 Å². The van der Waals surface area contributed by atoms with E-state index in [1.165, 1.54) is 12.1 Å². The van der Waals surface area contributed by atoms with Crippen LogP contribution in [-0.2, 0) is 0 Å². The maximum absolute atomic E-state index is 4.31. The monoisotopic (exact) mass is 165 g/mol. The molecule has 2 unspecified atom stereocenters. The third-order valence-corrected chi connectivity index (χ3v) is 2.49. The Labute approximate surface area is 72.8 Å². The molecule has 2 rings (SSSR count). The SMILES string of the molecule is Cc1cnc2n1C(C)CC(C)N2. The third-order valence-electron chi connectivity index (χ3n) is 2.49. The van der Waals surface area contributed by atoms with Crippen molar-refractivity contribution in [1.82, 2.24) is 9.55 Å².